The van der Waals surface area contributed by atoms with Crippen LogP contribution >= 0.6 is 0 Å². The van der Waals surface area contributed by atoms with Crippen molar-refractivity contribution in [2.75, 3.05) is 26.4 Å². The van der Waals surface area contributed by atoms with Crippen LogP contribution in [-0.2, 0) is 9.47 Å². The number of nitrogens with one attached hydrogen (secondary N) is 1. The Hall–Kier alpha value is -0.120. The lowest BCUT2D eigenvalue weighted by molar-refractivity contribution is -0.104. The third kappa shape index (κ3) is 4.19. The zero-order valence-corrected chi connectivity index (χ0v) is 13.6. The van der Waals surface area contributed by atoms with Crippen molar-refractivity contribution in [1.82, 2.24) is 5.32 Å². The fourth-order valence-corrected chi connectivity index (χ4v) is 3.64. The van der Waals surface area contributed by atoms with E-state index in [1.54, 1.807) is 0 Å². The van der Waals surface area contributed by atoms with Crippen LogP contribution in [0.3, 0.4) is 0 Å². The van der Waals surface area contributed by atoms with Gasteiger partial charge in [-0.2, -0.15) is 0 Å². The van der Waals surface area contributed by atoms with E-state index in [4.69, 9.17) is 9.47 Å². The Morgan fingerprint density at radius 1 is 1.30 bits per heavy atom. The van der Waals surface area contributed by atoms with Gasteiger partial charge in [0.25, 0.3) is 0 Å². The third-order valence-corrected chi connectivity index (χ3v) is 5.18. The molecule has 1 N–H and O–H groups in total. The average molecular weight is 283 g/mol. The van der Waals surface area contributed by atoms with Gasteiger partial charge in [0, 0.05) is 25.7 Å². The molecule has 2 aliphatic rings. The van der Waals surface area contributed by atoms with Gasteiger partial charge in [-0.15, -0.1) is 0 Å². The summed E-state index contributed by atoms with van der Waals surface area (Å²) in [7, 11) is 0. The number of hydrogen-bond donors (Lipinski definition) is 1. The molecular formula is C17H33NO2. The Bertz CT molecular complexity index is 276. The maximum atomic E-state index is 6.09. The van der Waals surface area contributed by atoms with Crippen LogP contribution < -0.4 is 5.32 Å². The summed E-state index contributed by atoms with van der Waals surface area (Å²) in [5, 5.41) is 3.81. The van der Waals surface area contributed by atoms with Crippen LogP contribution in [0.25, 0.3) is 0 Å². The quantitative estimate of drug-likeness (QED) is 0.777. The van der Waals surface area contributed by atoms with Crippen LogP contribution in [0.5, 0.6) is 0 Å². The molecule has 3 heteroatoms. The molecule has 2 saturated heterocycles. The standard InChI is InChI=1S/C17H33NO2/c1-4-8-18-16(11-14(3)5-2)15-6-9-20-17(12-15)7-10-19-13-17/h14-16,18H,4-13H2,1-3H3. The van der Waals surface area contributed by atoms with E-state index in [9.17, 15) is 0 Å². The molecule has 0 amide bonds. The molecule has 1 spiro atoms. The van der Waals surface area contributed by atoms with Crippen molar-refractivity contribution in [3.8, 4) is 0 Å². The highest BCUT2D eigenvalue weighted by molar-refractivity contribution is 4.94. The molecule has 2 fully saturated rings. The molecule has 3 nitrogen and oxygen atoms in total. The Labute approximate surface area is 124 Å². The van der Waals surface area contributed by atoms with E-state index in [-0.39, 0.29) is 5.60 Å². The maximum absolute atomic E-state index is 6.09. The Morgan fingerprint density at radius 3 is 2.80 bits per heavy atom. The SMILES string of the molecule is CCCNC(CC(C)CC)C1CCOC2(CCOC2)C1. The smallest absolute Gasteiger partial charge is 0.0939 e. The summed E-state index contributed by atoms with van der Waals surface area (Å²) in [5.74, 6) is 1.56. The van der Waals surface area contributed by atoms with Crippen LogP contribution in [0, 0.1) is 11.8 Å². The third-order valence-electron chi connectivity index (χ3n) is 5.18. The lowest BCUT2D eigenvalue weighted by Gasteiger charge is -2.41. The molecule has 2 aliphatic heterocycles. The molecule has 2 heterocycles. The fourth-order valence-electron chi connectivity index (χ4n) is 3.64. The summed E-state index contributed by atoms with van der Waals surface area (Å²) < 4.78 is 11.7. The van der Waals surface area contributed by atoms with E-state index < -0.39 is 0 Å². The summed E-state index contributed by atoms with van der Waals surface area (Å²) in [6, 6.07) is 0.659. The van der Waals surface area contributed by atoms with Gasteiger partial charge in [-0.05, 0) is 44.1 Å². The molecular weight excluding hydrogens is 250 g/mol. The highest BCUT2D eigenvalue weighted by Gasteiger charge is 2.42. The topological polar surface area (TPSA) is 30.5 Å². The number of rotatable bonds is 7. The van der Waals surface area contributed by atoms with Crippen molar-refractivity contribution >= 4 is 0 Å². The van der Waals surface area contributed by atoms with Crippen LogP contribution in [0.1, 0.15) is 59.3 Å². The predicted molar refractivity (Wildman–Crippen MR) is 83.0 cm³/mol. The lowest BCUT2D eigenvalue weighted by atomic mass is 9.78. The van der Waals surface area contributed by atoms with E-state index in [0.29, 0.717) is 6.04 Å². The molecule has 0 aromatic carbocycles. The van der Waals surface area contributed by atoms with Crippen LogP contribution in [0.4, 0.5) is 0 Å². The van der Waals surface area contributed by atoms with Crippen molar-refractivity contribution in [2.24, 2.45) is 11.8 Å². The van der Waals surface area contributed by atoms with E-state index >= 15 is 0 Å². The minimum Gasteiger partial charge on any atom is -0.378 e. The molecule has 0 aromatic heterocycles. The van der Waals surface area contributed by atoms with Gasteiger partial charge in [-0.1, -0.05) is 27.2 Å². The van der Waals surface area contributed by atoms with Gasteiger partial charge in [-0.25, -0.2) is 0 Å². The molecule has 0 radical (unpaired) electrons. The molecule has 0 saturated carbocycles. The van der Waals surface area contributed by atoms with E-state index in [1.165, 1.54) is 32.1 Å². The highest BCUT2D eigenvalue weighted by Crippen LogP contribution is 2.38. The lowest BCUT2D eigenvalue weighted by Crippen LogP contribution is -2.48. The van der Waals surface area contributed by atoms with Gasteiger partial charge in [0.2, 0.25) is 0 Å². The van der Waals surface area contributed by atoms with Crippen molar-refractivity contribution in [3.63, 3.8) is 0 Å². The minimum atomic E-state index is 0.0461. The van der Waals surface area contributed by atoms with Gasteiger partial charge in [0.05, 0.1) is 12.2 Å². The van der Waals surface area contributed by atoms with E-state index in [1.807, 2.05) is 0 Å². The van der Waals surface area contributed by atoms with Gasteiger partial charge >= 0.3 is 0 Å². The monoisotopic (exact) mass is 283 g/mol. The molecule has 0 bridgehead atoms. The summed E-state index contributed by atoms with van der Waals surface area (Å²) in [6.45, 7) is 10.7. The Balaban J connectivity index is 1.95. The van der Waals surface area contributed by atoms with Crippen LogP contribution in [0.15, 0.2) is 0 Å². The summed E-state index contributed by atoms with van der Waals surface area (Å²) in [4.78, 5) is 0. The first-order valence-corrected chi connectivity index (χ1v) is 8.64. The maximum Gasteiger partial charge on any atom is 0.0939 e. The second-order valence-corrected chi connectivity index (χ2v) is 6.90. The van der Waals surface area contributed by atoms with Crippen molar-refractivity contribution in [1.29, 1.82) is 0 Å². The minimum absolute atomic E-state index is 0.0461. The van der Waals surface area contributed by atoms with Crippen molar-refractivity contribution in [3.05, 3.63) is 0 Å². The first kappa shape index (κ1) is 16.3. The summed E-state index contributed by atoms with van der Waals surface area (Å²) in [5.41, 5.74) is 0.0461. The fraction of sp³-hybridized carbons (Fsp3) is 1.00. The predicted octanol–water partition coefficient (Wildman–Crippen LogP) is 3.38. The molecule has 0 aromatic rings. The second-order valence-electron chi connectivity index (χ2n) is 6.90. The van der Waals surface area contributed by atoms with Gasteiger partial charge in [-0.3, -0.25) is 0 Å². The summed E-state index contributed by atoms with van der Waals surface area (Å²) >= 11 is 0. The zero-order valence-electron chi connectivity index (χ0n) is 13.6. The molecule has 0 aliphatic carbocycles. The van der Waals surface area contributed by atoms with Crippen molar-refractivity contribution in [2.45, 2.75) is 70.9 Å². The molecule has 4 atom stereocenters. The molecule has 20 heavy (non-hydrogen) atoms. The average Bonchev–Trinajstić information content (AvgIpc) is 2.91. The normalized spacial score (nSPS) is 33.5. The molecule has 4 unspecified atom stereocenters. The largest absolute Gasteiger partial charge is 0.378 e. The first-order valence-electron chi connectivity index (χ1n) is 8.64. The van der Waals surface area contributed by atoms with Gasteiger partial charge < -0.3 is 14.8 Å². The number of ether oxygens (including phenoxy) is 2. The Morgan fingerprint density at radius 2 is 2.15 bits per heavy atom. The molecule has 2 rings (SSSR count). The van der Waals surface area contributed by atoms with Gasteiger partial charge in [0.15, 0.2) is 0 Å². The van der Waals surface area contributed by atoms with Gasteiger partial charge in [0.1, 0.15) is 0 Å². The molecule has 118 valence electrons. The second kappa shape index (κ2) is 7.77. The van der Waals surface area contributed by atoms with Crippen LogP contribution in [-0.4, -0.2) is 38.0 Å². The summed E-state index contributed by atoms with van der Waals surface area (Å²) in [6.07, 6.45) is 7.28. The van der Waals surface area contributed by atoms with Crippen LogP contribution in [0.2, 0.25) is 0 Å². The van der Waals surface area contributed by atoms with E-state index in [2.05, 4.69) is 26.1 Å². The first-order chi connectivity index (χ1) is 9.69. The van der Waals surface area contributed by atoms with E-state index in [0.717, 1.165) is 44.6 Å². The zero-order chi connectivity index (χ0) is 14.4. The van der Waals surface area contributed by atoms with Crippen molar-refractivity contribution < 1.29 is 9.47 Å². The Kier molecular flexibility index (Phi) is 6.31. The number of hydrogen-bond acceptors (Lipinski definition) is 3. The highest BCUT2D eigenvalue weighted by atomic mass is 16.6.